The van der Waals surface area contributed by atoms with Gasteiger partial charge in [-0.1, -0.05) is 0 Å². The number of benzene rings is 2. The Kier molecular flexibility index (Phi) is 7.97. The van der Waals surface area contributed by atoms with E-state index >= 15 is 0 Å². The van der Waals surface area contributed by atoms with Gasteiger partial charge in [0.05, 0.1) is 29.8 Å². The number of hydrogen-bond acceptors (Lipinski definition) is 7. The minimum atomic E-state index is -4.29. The molecule has 2 heterocycles. The van der Waals surface area contributed by atoms with Gasteiger partial charge in [0.25, 0.3) is 0 Å². The first-order valence-corrected chi connectivity index (χ1v) is 15.0. The van der Waals surface area contributed by atoms with Crippen LogP contribution in [-0.2, 0) is 19.3 Å². The molecule has 1 aromatic heterocycles. The molecule has 0 bridgehead atoms. The molecule has 41 heavy (non-hydrogen) atoms. The number of urea groups is 1. The lowest BCUT2D eigenvalue weighted by atomic mass is 9.93. The van der Waals surface area contributed by atoms with Crippen molar-refractivity contribution in [3.05, 3.63) is 65.9 Å². The Labute approximate surface area is 238 Å². The average Bonchev–Trinajstić information content (AvgIpc) is 2.90. The Morgan fingerprint density at radius 1 is 1.05 bits per heavy atom. The highest BCUT2D eigenvalue weighted by atomic mass is 32.2. The molecule has 0 unspecified atom stereocenters. The van der Waals surface area contributed by atoms with E-state index in [9.17, 15) is 22.0 Å². The molecule has 1 atom stereocenters. The summed E-state index contributed by atoms with van der Waals surface area (Å²) < 4.78 is 59.4. The van der Waals surface area contributed by atoms with E-state index in [4.69, 9.17) is 9.72 Å². The molecule has 2 N–H and O–H groups in total. The van der Waals surface area contributed by atoms with Crippen LogP contribution in [-0.4, -0.2) is 56.3 Å². The zero-order chi connectivity index (χ0) is 29.4. The van der Waals surface area contributed by atoms with Crippen molar-refractivity contribution in [1.29, 1.82) is 0 Å². The summed E-state index contributed by atoms with van der Waals surface area (Å²) in [5, 5.41) is 5.74. The second kappa shape index (κ2) is 11.3. The molecule has 3 aromatic rings. The van der Waals surface area contributed by atoms with Crippen molar-refractivity contribution in [1.82, 2.24) is 15.3 Å². The quantitative estimate of drug-likeness (QED) is 0.400. The summed E-state index contributed by atoms with van der Waals surface area (Å²) in [4.78, 5) is 23.2. The summed E-state index contributed by atoms with van der Waals surface area (Å²) in [6.07, 6.45) is 3.07. The number of carbonyl (C=O) groups is 1. The molecule has 1 saturated heterocycles. The lowest BCUT2D eigenvalue weighted by molar-refractivity contribution is 0.0985. The number of carbonyl (C=O) groups excluding carboxylic acids is 1. The van der Waals surface area contributed by atoms with Crippen LogP contribution in [0, 0.1) is 11.6 Å². The van der Waals surface area contributed by atoms with Gasteiger partial charge >= 0.3 is 6.03 Å². The van der Waals surface area contributed by atoms with Crippen molar-refractivity contribution in [2.45, 2.75) is 61.8 Å². The molecular weight excluding hydrogens is 552 g/mol. The zero-order valence-electron chi connectivity index (χ0n) is 23.2. The fraction of sp³-hybridized carbons (Fsp3) is 0.414. The molecule has 12 heteroatoms. The smallest absolute Gasteiger partial charge is 0.319 e. The Morgan fingerprint density at radius 2 is 1.73 bits per heavy atom. The van der Waals surface area contributed by atoms with Gasteiger partial charge in [-0.2, -0.15) is 0 Å². The highest BCUT2D eigenvalue weighted by molar-refractivity contribution is 7.92. The molecular formula is C29H33F2N5O4S. The second-order valence-electron chi connectivity index (χ2n) is 11.0. The van der Waals surface area contributed by atoms with Gasteiger partial charge < -0.3 is 20.3 Å². The van der Waals surface area contributed by atoms with Crippen molar-refractivity contribution in [2.24, 2.45) is 0 Å². The van der Waals surface area contributed by atoms with Gasteiger partial charge in [-0.3, -0.25) is 0 Å². The van der Waals surface area contributed by atoms with E-state index in [1.807, 2.05) is 11.8 Å². The lowest BCUT2D eigenvalue weighted by Crippen LogP contribution is -2.44. The van der Waals surface area contributed by atoms with Crippen LogP contribution in [0.4, 0.5) is 25.1 Å². The first kappa shape index (κ1) is 28.9. The lowest BCUT2D eigenvalue weighted by Gasteiger charge is -2.35. The largest absolute Gasteiger partial charge is 0.377 e. The molecule has 0 radical (unpaired) electrons. The van der Waals surface area contributed by atoms with Crippen LogP contribution in [0.3, 0.4) is 0 Å². The molecule has 2 aliphatic rings. The van der Waals surface area contributed by atoms with Gasteiger partial charge in [-0.15, -0.1) is 0 Å². The Bertz CT molecular complexity index is 1530. The molecule has 1 aliphatic heterocycles. The normalized spacial score (nSPS) is 18.1. The van der Waals surface area contributed by atoms with Crippen LogP contribution in [0.5, 0.6) is 0 Å². The fourth-order valence-corrected chi connectivity index (χ4v) is 6.31. The summed E-state index contributed by atoms with van der Waals surface area (Å²) in [7, 11) is -4.29. The minimum Gasteiger partial charge on any atom is -0.377 e. The first-order chi connectivity index (χ1) is 19.4. The fourth-order valence-electron chi connectivity index (χ4n) is 4.81. The number of ether oxygens (including phenoxy) is 1. The maximum atomic E-state index is 14.0. The molecule has 2 fully saturated rings. The van der Waals surface area contributed by atoms with Gasteiger partial charge in [-0.25, -0.2) is 32.0 Å². The van der Waals surface area contributed by atoms with Crippen molar-refractivity contribution in [3.8, 4) is 11.4 Å². The highest BCUT2D eigenvalue weighted by Gasteiger charge is 2.40. The van der Waals surface area contributed by atoms with Crippen LogP contribution in [0.2, 0.25) is 0 Å². The second-order valence-corrected chi connectivity index (χ2v) is 13.5. The molecule has 2 amide bonds. The number of nitrogens with zero attached hydrogens (tertiary/aromatic N) is 3. The van der Waals surface area contributed by atoms with Crippen molar-refractivity contribution in [3.63, 3.8) is 0 Å². The third kappa shape index (κ3) is 6.03. The predicted molar refractivity (Wildman–Crippen MR) is 151 cm³/mol. The Hall–Kier alpha value is -3.64. The number of rotatable bonds is 7. The molecule has 1 saturated carbocycles. The monoisotopic (exact) mass is 585 g/mol. The Morgan fingerprint density at radius 3 is 2.34 bits per heavy atom. The summed E-state index contributed by atoms with van der Waals surface area (Å²) in [6.45, 7) is 6.38. The molecule has 9 nitrogen and oxygen atoms in total. The van der Waals surface area contributed by atoms with Crippen molar-refractivity contribution >= 4 is 27.4 Å². The number of nitrogens with one attached hydrogen (secondary N) is 2. The van der Waals surface area contributed by atoms with Gasteiger partial charge in [0, 0.05) is 36.0 Å². The third-order valence-corrected chi connectivity index (χ3v) is 10.1. The molecule has 218 valence electrons. The zero-order valence-corrected chi connectivity index (χ0v) is 24.0. The predicted octanol–water partition coefficient (Wildman–Crippen LogP) is 5.03. The highest BCUT2D eigenvalue weighted by Crippen LogP contribution is 2.37. The number of anilines is 2. The van der Waals surface area contributed by atoms with Gasteiger partial charge in [0.1, 0.15) is 22.2 Å². The molecule has 0 spiro atoms. The molecule has 1 aliphatic carbocycles. The molecule has 5 rings (SSSR count). The average molecular weight is 586 g/mol. The van der Waals surface area contributed by atoms with E-state index in [0.29, 0.717) is 42.9 Å². The van der Waals surface area contributed by atoms with Crippen LogP contribution >= 0.6 is 0 Å². The number of aromatic nitrogens is 2. The summed E-state index contributed by atoms with van der Waals surface area (Å²) >= 11 is 0. The van der Waals surface area contributed by atoms with Crippen LogP contribution in [0.25, 0.3) is 11.4 Å². The van der Waals surface area contributed by atoms with Crippen LogP contribution < -0.4 is 15.5 Å². The van der Waals surface area contributed by atoms with Crippen LogP contribution in [0.1, 0.15) is 45.7 Å². The maximum absolute atomic E-state index is 14.0. The minimum absolute atomic E-state index is 0.0304. The van der Waals surface area contributed by atoms with Crippen molar-refractivity contribution < 1.29 is 26.7 Å². The van der Waals surface area contributed by atoms with Crippen molar-refractivity contribution in [2.75, 3.05) is 30.0 Å². The van der Waals surface area contributed by atoms with E-state index in [-0.39, 0.29) is 29.6 Å². The standard InChI is InChI=1S/C29H33F2N5O4S/c1-18-17-40-12-11-36(18)26-16-25(29(2,3)41(38,39)24-14-20(30)13-21(31)15-24)34-27(35-26)19-7-9-23(10-8-19)33-28(37)32-22-5-4-6-22/h7-10,13-16,18,22H,4-6,11-12,17H2,1-3H3,(H2,32,33,37)/t18-/m0/s1. The summed E-state index contributed by atoms with van der Waals surface area (Å²) in [6, 6.07) is 10.7. The number of hydrogen-bond donors (Lipinski definition) is 2. The first-order valence-electron chi connectivity index (χ1n) is 13.6. The van der Waals surface area contributed by atoms with E-state index in [0.717, 1.165) is 31.4 Å². The number of sulfone groups is 1. The summed E-state index contributed by atoms with van der Waals surface area (Å²) in [5.41, 5.74) is 1.35. The van der Waals surface area contributed by atoms with E-state index in [2.05, 4.69) is 15.6 Å². The summed E-state index contributed by atoms with van der Waals surface area (Å²) in [5.74, 6) is -1.19. The third-order valence-electron chi connectivity index (χ3n) is 7.65. The maximum Gasteiger partial charge on any atom is 0.319 e. The van der Waals surface area contributed by atoms with E-state index in [1.165, 1.54) is 13.8 Å². The Balaban J connectivity index is 1.52. The van der Waals surface area contributed by atoms with E-state index in [1.54, 1.807) is 30.3 Å². The number of morpholine rings is 1. The van der Waals surface area contributed by atoms with Crippen LogP contribution in [0.15, 0.2) is 53.4 Å². The molecule has 2 aromatic carbocycles. The van der Waals surface area contributed by atoms with Gasteiger partial charge in [0.2, 0.25) is 0 Å². The number of halogens is 2. The van der Waals surface area contributed by atoms with Gasteiger partial charge in [0.15, 0.2) is 15.7 Å². The van der Waals surface area contributed by atoms with Gasteiger partial charge in [-0.05, 0) is 76.4 Å². The topological polar surface area (TPSA) is 114 Å². The SMILES string of the molecule is C[C@H]1COCCN1c1cc(C(C)(C)S(=O)(=O)c2cc(F)cc(F)c2)nc(-c2ccc(NC(=O)NC3CCC3)cc2)n1. The number of amides is 2. The van der Waals surface area contributed by atoms with E-state index < -0.39 is 31.1 Å².